The molecule has 1 heterocycles. The highest BCUT2D eigenvalue weighted by molar-refractivity contribution is 7.99. The molecule has 0 N–H and O–H groups in total. The van der Waals surface area contributed by atoms with E-state index in [4.69, 9.17) is 23.2 Å². The molecule has 0 fully saturated rings. The number of rotatable bonds is 4. The van der Waals surface area contributed by atoms with Gasteiger partial charge in [0.1, 0.15) is 0 Å². The molecule has 2 nitrogen and oxygen atoms in total. The Bertz CT molecular complexity index is 714. The van der Waals surface area contributed by atoms with Crippen LogP contribution in [0.25, 0.3) is 0 Å². The van der Waals surface area contributed by atoms with E-state index in [0.717, 1.165) is 17.7 Å². The Morgan fingerprint density at radius 3 is 2.61 bits per heavy atom. The second-order valence-electron chi connectivity index (χ2n) is 5.64. The van der Waals surface area contributed by atoms with Gasteiger partial charge in [0, 0.05) is 27.5 Å². The molecule has 0 saturated carbocycles. The Balaban J connectivity index is 1.64. The van der Waals surface area contributed by atoms with E-state index < -0.39 is 0 Å². The van der Waals surface area contributed by atoms with Crippen LogP contribution in [0.3, 0.4) is 0 Å². The van der Waals surface area contributed by atoms with Gasteiger partial charge < -0.3 is 4.90 Å². The SMILES string of the molecule is C[C@H]1Cc2ccccc2N1C(=O)CSCc1c(Cl)cccc1Cl. The minimum Gasteiger partial charge on any atom is -0.308 e. The summed E-state index contributed by atoms with van der Waals surface area (Å²) >= 11 is 13.9. The van der Waals surface area contributed by atoms with Crippen LogP contribution in [0.2, 0.25) is 10.0 Å². The first kappa shape index (κ1) is 16.7. The predicted octanol–water partition coefficient (Wildman–Crippen LogP) is 5.20. The third kappa shape index (κ3) is 3.52. The second-order valence-corrected chi connectivity index (χ2v) is 7.44. The van der Waals surface area contributed by atoms with Crippen molar-refractivity contribution in [3.8, 4) is 0 Å². The quantitative estimate of drug-likeness (QED) is 0.741. The number of hydrogen-bond acceptors (Lipinski definition) is 2. The van der Waals surface area contributed by atoms with E-state index >= 15 is 0 Å². The molecule has 0 saturated heterocycles. The molecule has 3 rings (SSSR count). The fraction of sp³-hybridized carbons (Fsp3) is 0.278. The summed E-state index contributed by atoms with van der Waals surface area (Å²) < 4.78 is 0. The van der Waals surface area contributed by atoms with Crippen molar-refractivity contribution in [2.75, 3.05) is 10.7 Å². The molecule has 120 valence electrons. The molecule has 0 aromatic heterocycles. The van der Waals surface area contributed by atoms with Crippen LogP contribution < -0.4 is 4.90 Å². The maximum atomic E-state index is 12.6. The maximum absolute atomic E-state index is 12.6. The number of nitrogens with zero attached hydrogens (tertiary/aromatic N) is 1. The van der Waals surface area contributed by atoms with E-state index in [1.807, 2.05) is 41.3 Å². The topological polar surface area (TPSA) is 20.3 Å². The first-order chi connectivity index (χ1) is 11.1. The molecule has 1 amide bonds. The van der Waals surface area contributed by atoms with Gasteiger partial charge in [0.25, 0.3) is 0 Å². The van der Waals surface area contributed by atoms with Gasteiger partial charge in [0.05, 0.1) is 5.75 Å². The number of fused-ring (bicyclic) bond motifs is 1. The highest BCUT2D eigenvalue weighted by Gasteiger charge is 2.30. The average molecular weight is 366 g/mol. The van der Waals surface area contributed by atoms with E-state index in [-0.39, 0.29) is 11.9 Å². The minimum absolute atomic E-state index is 0.135. The summed E-state index contributed by atoms with van der Waals surface area (Å²) in [6.07, 6.45) is 0.920. The van der Waals surface area contributed by atoms with Crippen LogP contribution >= 0.6 is 35.0 Å². The molecular formula is C18H17Cl2NOS. The molecule has 1 aliphatic rings. The summed E-state index contributed by atoms with van der Waals surface area (Å²) in [5, 5.41) is 1.30. The maximum Gasteiger partial charge on any atom is 0.237 e. The summed E-state index contributed by atoms with van der Waals surface area (Å²) in [6, 6.07) is 13.8. The van der Waals surface area contributed by atoms with Gasteiger partial charge in [-0.15, -0.1) is 11.8 Å². The zero-order valence-electron chi connectivity index (χ0n) is 12.8. The first-order valence-electron chi connectivity index (χ1n) is 7.48. The van der Waals surface area contributed by atoms with Crippen molar-refractivity contribution in [2.45, 2.75) is 25.1 Å². The van der Waals surface area contributed by atoms with Crippen molar-refractivity contribution in [3.05, 3.63) is 63.6 Å². The van der Waals surface area contributed by atoms with Crippen molar-refractivity contribution in [1.82, 2.24) is 0 Å². The molecule has 2 aromatic rings. The molecule has 0 radical (unpaired) electrons. The predicted molar refractivity (Wildman–Crippen MR) is 99.7 cm³/mol. The number of anilines is 1. The highest BCUT2D eigenvalue weighted by Crippen LogP contribution is 2.33. The number of halogens is 2. The lowest BCUT2D eigenvalue weighted by Crippen LogP contribution is -2.37. The van der Waals surface area contributed by atoms with Crippen LogP contribution in [-0.4, -0.2) is 17.7 Å². The summed E-state index contributed by atoms with van der Waals surface area (Å²) in [4.78, 5) is 14.5. The van der Waals surface area contributed by atoms with Crippen molar-refractivity contribution < 1.29 is 4.79 Å². The lowest BCUT2D eigenvalue weighted by Gasteiger charge is -2.22. The van der Waals surface area contributed by atoms with Gasteiger partial charge in [-0.25, -0.2) is 0 Å². The van der Waals surface area contributed by atoms with Gasteiger partial charge in [-0.3, -0.25) is 4.79 Å². The fourth-order valence-electron chi connectivity index (χ4n) is 2.93. The van der Waals surface area contributed by atoms with Crippen LogP contribution in [-0.2, 0) is 17.0 Å². The van der Waals surface area contributed by atoms with Crippen molar-refractivity contribution >= 4 is 46.6 Å². The van der Waals surface area contributed by atoms with Crippen LogP contribution in [0.1, 0.15) is 18.1 Å². The largest absolute Gasteiger partial charge is 0.308 e. The Morgan fingerprint density at radius 2 is 1.87 bits per heavy atom. The van der Waals surface area contributed by atoms with Crippen LogP contribution in [0.4, 0.5) is 5.69 Å². The summed E-state index contributed by atoms with van der Waals surface area (Å²) in [7, 11) is 0. The summed E-state index contributed by atoms with van der Waals surface area (Å²) in [5.74, 6) is 1.18. The number of carbonyl (C=O) groups is 1. The number of hydrogen-bond donors (Lipinski definition) is 0. The summed E-state index contributed by atoms with van der Waals surface area (Å²) in [5.41, 5.74) is 3.18. The van der Waals surface area contributed by atoms with Crippen LogP contribution in [0.5, 0.6) is 0 Å². The van der Waals surface area contributed by atoms with Gasteiger partial charge in [-0.2, -0.15) is 0 Å². The minimum atomic E-state index is 0.135. The Morgan fingerprint density at radius 1 is 1.17 bits per heavy atom. The standard InChI is InChI=1S/C18H17Cl2NOS/c1-12-9-13-5-2-3-8-17(13)21(12)18(22)11-23-10-14-15(19)6-4-7-16(14)20/h2-8,12H,9-11H2,1H3/t12-/m0/s1. The van der Waals surface area contributed by atoms with E-state index in [9.17, 15) is 4.79 Å². The second kappa shape index (κ2) is 7.16. The van der Waals surface area contributed by atoms with Crippen LogP contribution in [0.15, 0.2) is 42.5 Å². The summed E-state index contributed by atoms with van der Waals surface area (Å²) in [6.45, 7) is 2.09. The molecule has 0 unspecified atom stereocenters. The monoisotopic (exact) mass is 365 g/mol. The number of benzene rings is 2. The van der Waals surface area contributed by atoms with Gasteiger partial charge in [-0.05, 0) is 42.7 Å². The Labute approximate surface area is 150 Å². The number of amides is 1. The molecule has 0 bridgehead atoms. The van der Waals surface area contributed by atoms with E-state index in [0.29, 0.717) is 21.6 Å². The molecule has 0 spiro atoms. The van der Waals surface area contributed by atoms with Gasteiger partial charge in [0.15, 0.2) is 0 Å². The Hall–Kier alpha value is -1.16. The van der Waals surface area contributed by atoms with Crippen molar-refractivity contribution in [3.63, 3.8) is 0 Å². The molecule has 2 aromatic carbocycles. The third-order valence-corrected chi connectivity index (χ3v) is 5.66. The van der Waals surface area contributed by atoms with Crippen molar-refractivity contribution in [2.24, 2.45) is 0 Å². The normalized spacial score (nSPS) is 16.5. The van der Waals surface area contributed by atoms with E-state index in [1.54, 1.807) is 11.8 Å². The van der Waals surface area contributed by atoms with Gasteiger partial charge >= 0.3 is 0 Å². The molecule has 1 atom stereocenters. The number of carbonyl (C=O) groups excluding carboxylic acids is 1. The molecule has 23 heavy (non-hydrogen) atoms. The van der Waals surface area contributed by atoms with Gasteiger partial charge in [-0.1, -0.05) is 47.5 Å². The van der Waals surface area contributed by atoms with Crippen molar-refractivity contribution in [1.29, 1.82) is 0 Å². The van der Waals surface area contributed by atoms with E-state index in [2.05, 4.69) is 13.0 Å². The number of para-hydroxylation sites is 1. The zero-order valence-corrected chi connectivity index (χ0v) is 15.1. The number of thioether (sulfide) groups is 1. The fourth-order valence-corrected chi connectivity index (χ4v) is 4.55. The average Bonchev–Trinajstić information content (AvgIpc) is 2.86. The first-order valence-corrected chi connectivity index (χ1v) is 9.39. The van der Waals surface area contributed by atoms with E-state index in [1.165, 1.54) is 5.56 Å². The lowest BCUT2D eigenvalue weighted by molar-refractivity contribution is -0.116. The van der Waals surface area contributed by atoms with Crippen LogP contribution in [0, 0.1) is 0 Å². The lowest BCUT2D eigenvalue weighted by atomic mass is 10.1. The molecule has 5 heteroatoms. The molecule has 0 aliphatic carbocycles. The highest BCUT2D eigenvalue weighted by atomic mass is 35.5. The third-order valence-electron chi connectivity index (χ3n) is 4.01. The molecular weight excluding hydrogens is 349 g/mol. The smallest absolute Gasteiger partial charge is 0.237 e. The molecule has 1 aliphatic heterocycles. The Kier molecular flexibility index (Phi) is 5.20. The van der Waals surface area contributed by atoms with Gasteiger partial charge in [0.2, 0.25) is 5.91 Å². The zero-order chi connectivity index (χ0) is 16.4.